The van der Waals surface area contributed by atoms with Crippen LogP contribution in [-0.4, -0.2) is 31.9 Å². The molecule has 1 N–H and O–H groups in total. The largest absolute Gasteiger partial charge is 0.497 e. The highest BCUT2D eigenvalue weighted by Gasteiger charge is 2.16. The lowest BCUT2D eigenvalue weighted by Crippen LogP contribution is -2.34. The third-order valence-electron chi connectivity index (χ3n) is 3.70. The second-order valence-electron chi connectivity index (χ2n) is 5.57. The van der Waals surface area contributed by atoms with E-state index in [9.17, 15) is 4.79 Å². The van der Waals surface area contributed by atoms with Crippen LogP contribution in [0.4, 0.5) is 0 Å². The predicted octanol–water partition coefficient (Wildman–Crippen LogP) is 4.32. The average molecular weight is 411 g/mol. The minimum atomic E-state index is -0.807. The van der Waals surface area contributed by atoms with Gasteiger partial charge in [-0.2, -0.15) is 5.10 Å². The summed E-state index contributed by atoms with van der Waals surface area (Å²) >= 11 is 11.9. The number of carbonyl (C=O) groups excluding carboxylic acids is 1. The summed E-state index contributed by atoms with van der Waals surface area (Å²) in [5, 5.41) is 4.93. The molecule has 2 rings (SSSR count). The Hall–Kier alpha value is -2.44. The average Bonchev–Trinajstić information content (AvgIpc) is 2.67. The van der Waals surface area contributed by atoms with E-state index in [1.165, 1.54) is 0 Å². The van der Waals surface area contributed by atoms with E-state index in [0.29, 0.717) is 33.0 Å². The van der Waals surface area contributed by atoms with Gasteiger partial charge in [0.2, 0.25) is 0 Å². The molecule has 144 valence electrons. The summed E-state index contributed by atoms with van der Waals surface area (Å²) in [6.07, 6.45) is -0.807. The third kappa shape index (κ3) is 5.52. The number of rotatable bonds is 7. The number of hydrazone groups is 1. The first-order valence-corrected chi connectivity index (χ1v) is 8.79. The van der Waals surface area contributed by atoms with Gasteiger partial charge in [-0.3, -0.25) is 4.79 Å². The minimum Gasteiger partial charge on any atom is -0.497 e. The lowest BCUT2D eigenvalue weighted by molar-refractivity contribution is -0.127. The fourth-order valence-corrected chi connectivity index (χ4v) is 2.66. The lowest BCUT2D eigenvalue weighted by atomic mass is 10.1. The zero-order valence-corrected chi connectivity index (χ0v) is 16.9. The van der Waals surface area contributed by atoms with E-state index in [-0.39, 0.29) is 0 Å². The van der Waals surface area contributed by atoms with Crippen molar-refractivity contribution in [1.29, 1.82) is 0 Å². The molecule has 0 aliphatic rings. The lowest BCUT2D eigenvalue weighted by Gasteiger charge is -2.15. The Balaban J connectivity index is 2.06. The van der Waals surface area contributed by atoms with Crippen LogP contribution in [0, 0.1) is 0 Å². The molecule has 6 nitrogen and oxygen atoms in total. The molecular weight excluding hydrogens is 391 g/mol. The van der Waals surface area contributed by atoms with Crippen LogP contribution in [0.25, 0.3) is 0 Å². The van der Waals surface area contributed by atoms with Crippen LogP contribution < -0.4 is 19.6 Å². The van der Waals surface area contributed by atoms with Crippen LogP contribution >= 0.6 is 23.2 Å². The number of ether oxygens (including phenoxy) is 3. The Morgan fingerprint density at radius 2 is 1.81 bits per heavy atom. The van der Waals surface area contributed by atoms with Crippen molar-refractivity contribution in [2.45, 2.75) is 20.0 Å². The van der Waals surface area contributed by atoms with Gasteiger partial charge in [0.1, 0.15) is 17.2 Å². The van der Waals surface area contributed by atoms with Crippen LogP contribution in [0.15, 0.2) is 41.5 Å². The molecule has 0 aromatic heterocycles. The molecule has 1 amide bonds. The second-order valence-corrected chi connectivity index (χ2v) is 6.42. The molecule has 1 unspecified atom stereocenters. The van der Waals surface area contributed by atoms with Crippen molar-refractivity contribution in [3.63, 3.8) is 0 Å². The molecule has 27 heavy (non-hydrogen) atoms. The van der Waals surface area contributed by atoms with E-state index in [2.05, 4.69) is 10.5 Å². The Labute approximate surface area is 168 Å². The van der Waals surface area contributed by atoms with Crippen LogP contribution in [0.3, 0.4) is 0 Å². The molecular formula is C19H20Cl2N2O4. The molecule has 0 spiro atoms. The maximum atomic E-state index is 12.3. The van der Waals surface area contributed by atoms with Gasteiger partial charge in [-0.1, -0.05) is 23.2 Å². The zero-order valence-electron chi connectivity index (χ0n) is 15.4. The molecule has 0 fully saturated rings. The van der Waals surface area contributed by atoms with Crippen molar-refractivity contribution in [2.75, 3.05) is 14.2 Å². The first-order valence-electron chi connectivity index (χ1n) is 8.04. The molecule has 2 aromatic rings. The number of nitrogens with zero attached hydrogens (tertiary/aromatic N) is 1. The summed E-state index contributed by atoms with van der Waals surface area (Å²) in [7, 11) is 3.12. The van der Waals surface area contributed by atoms with Crippen molar-refractivity contribution in [3.05, 3.63) is 52.0 Å². The molecule has 8 heteroatoms. The number of halogens is 2. The molecule has 0 saturated carbocycles. The fraction of sp³-hybridized carbons (Fsp3) is 0.263. The Kier molecular flexibility index (Phi) is 7.33. The van der Waals surface area contributed by atoms with Crippen LogP contribution in [0.1, 0.15) is 19.4 Å². The molecule has 0 aliphatic carbocycles. The Bertz CT molecular complexity index is 856. The van der Waals surface area contributed by atoms with Gasteiger partial charge in [0.15, 0.2) is 6.10 Å². The van der Waals surface area contributed by atoms with E-state index in [0.717, 1.165) is 5.56 Å². The topological polar surface area (TPSA) is 69.2 Å². The standard InChI is InChI=1S/C19H20Cl2N2O4/c1-11(15-7-6-14(25-3)10-18(15)26-4)22-23-19(24)12(2)27-17-8-5-13(20)9-16(17)21/h5-10,12H,1-4H3,(H,23,24). The summed E-state index contributed by atoms with van der Waals surface area (Å²) in [4.78, 5) is 12.3. The first-order chi connectivity index (χ1) is 12.8. The molecule has 0 aliphatic heterocycles. The van der Waals surface area contributed by atoms with Crippen molar-refractivity contribution in [2.24, 2.45) is 5.10 Å². The number of hydrogen-bond acceptors (Lipinski definition) is 5. The van der Waals surface area contributed by atoms with E-state index >= 15 is 0 Å². The molecule has 0 heterocycles. The van der Waals surface area contributed by atoms with Gasteiger partial charge in [0.05, 0.1) is 25.0 Å². The highest BCUT2D eigenvalue weighted by atomic mass is 35.5. The predicted molar refractivity (Wildman–Crippen MR) is 106 cm³/mol. The Morgan fingerprint density at radius 1 is 1.07 bits per heavy atom. The van der Waals surface area contributed by atoms with E-state index < -0.39 is 12.0 Å². The highest BCUT2D eigenvalue weighted by molar-refractivity contribution is 6.35. The summed E-state index contributed by atoms with van der Waals surface area (Å²) in [5.41, 5.74) is 3.78. The summed E-state index contributed by atoms with van der Waals surface area (Å²) in [5.74, 6) is 1.19. The molecule has 0 bridgehead atoms. The van der Waals surface area contributed by atoms with Crippen molar-refractivity contribution in [1.82, 2.24) is 5.43 Å². The smallest absolute Gasteiger partial charge is 0.280 e. The van der Waals surface area contributed by atoms with E-state index in [4.69, 9.17) is 37.4 Å². The van der Waals surface area contributed by atoms with Gasteiger partial charge in [0, 0.05) is 16.7 Å². The SMILES string of the molecule is COc1ccc(C(C)=NNC(=O)C(C)Oc2ccc(Cl)cc2Cl)c(OC)c1. The molecule has 0 saturated heterocycles. The second kappa shape index (κ2) is 9.48. The zero-order chi connectivity index (χ0) is 20.0. The maximum Gasteiger partial charge on any atom is 0.280 e. The van der Waals surface area contributed by atoms with Crippen molar-refractivity contribution >= 4 is 34.8 Å². The van der Waals surface area contributed by atoms with Crippen LogP contribution in [-0.2, 0) is 4.79 Å². The Morgan fingerprint density at radius 3 is 2.44 bits per heavy atom. The summed E-state index contributed by atoms with van der Waals surface area (Å²) in [6.45, 7) is 3.35. The van der Waals surface area contributed by atoms with Crippen molar-refractivity contribution in [3.8, 4) is 17.2 Å². The monoisotopic (exact) mass is 410 g/mol. The minimum absolute atomic E-state index is 0.324. The van der Waals surface area contributed by atoms with Gasteiger partial charge in [-0.25, -0.2) is 5.43 Å². The quantitative estimate of drug-likeness (QED) is 0.544. The van der Waals surface area contributed by atoms with Gasteiger partial charge in [-0.05, 0) is 44.2 Å². The van der Waals surface area contributed by atoms with Gasteiger partial charge >= 0.3 is 0 Å². The number of carbonyl (C=O) groups is 1. The molecule has 2 aromatic carbocycles. The number of hydrogen-bond donors (Lipinski definition) is 1. The van der Waals surface area contributed by atoms with Crippen molar-refractivity contribution < 1.29 is 19.0 Å². The van der Waals surface area contributed by atoms with Crippen LogP contribution in [0.2, 0.25) is 10.0 Å². The van der Waals surface area contributed by atoms with E-state index in [1.807, 2.05) is 0 Å². The number of nitrogens with one attached hydrogen (secondary N) is 1. The van der Waals surface area contributed by atoms with Gasteiger partial charge < -0.3 is 14.2 Å². The fourth-order valence-electron chi connectivity index (χ4n) is 2.20. The summed E-state index contributed by atoms with van der Waals surface area (Å²) < 4.78 is 16.1. The molecule has 1 atom stereocenters. The maximum absolute atomic E-state index is 12.3. The highest BCUT2D eigenvalue weighted by Crippen LogP contribution is 2.28. The number of methoxy groups -OCH3 is 2. The van der Waals surface area contributed by atoms with Gasteiger partial charge in [-0.15, -0.1) is 0 Å². The third-order valence-corrected chi connectivity index (χ3v) is 4.23. The summed E-state index contributed by atoms with van der Waals surface area (Å²) in [6, 6.07) is 10.1. The first kappa shape index (κ1) is 20.9. The van der Waals surface area contributed by atoms with E-state index in [1.54, 1.807) is 64.5 Å². The van der Waals surface area contributed by atoms with Crippen LogP contribution in [0.5, 0.6) is 17.2 Å². The van der Waals surface area contributed by atoms with Gasteiger partial charge in [0.25, 0.3) is 5.91 Å². The number of benzene rings is 2. The molecule has 0 radical (unpaired) electrons. The normalized spacial score (nSPS) is 12.3. The number of amides is 1.